The van der Waals surface area contributed by atoms with Gasteiger partial charge in [-0.2, -0.15) is 0 Å². The van der Waals surface area contributed by atoms with Crippen LogP contribution in [0, 0.1) is 5.92 Å². The molecule has 1 amide bonds. The second-order valence-corrected chi connectivity index (χ2v) is 5.86. The van der Waals surface area contributed by atoms with Crippen molar-refractivity contribution in [1.82, 2.24) is 5.32 Å². The van der Waals surface area contributed by atoms with Crippen molar-refractivity contribution in [2.45, 2.75) is 52.5 Å². The summed E-state index contributed by atoms with van der Waals surface area (Å²) in [5, 5.41) is 12.0. The highest BCUT2D eigenvalue weighted by molar-refractivity contribution is 5.83. The molecule has 0 bridgehead atoms. The van der Waals surface area contributed by atoms with Crippen LogP contribution in [-0.4, -0.2) is 23.7 Å². The number of benzene rings is 1. The summed E-state index contributed by atoms with van der Waals surface area (Å²) in [6, 6.07) is 8.11. The molecule has 0 saturated carbocycles. The molecule has 1 aromatic carbocycles. The molecular weight excluding hydrogens is 250 g/mol. The normalized spacial score (nSPS) is 14.1. The fourth-order valence-electron chi connectivity index (χ4n) is 2.17. The molecule has 2 N–H and O–H groups in total. The van der Waals surface area contributed by atoms with Crippen LogP contribution in [0.3, 0.4) is 0 Å². The zero-order chi connectivity index (χ0) is 15.1. The van der Waals surface area contributed by atoms with Crippen LogP contribution in [0.4, 0.5) is 0 Å². The molecule has 0 radical (unpaired) electrons. The molecule has 0 saturated heterocycles. The van der Waals surface area contributed by atoms with E-state index in [1.165, 1.54) is 5.56 Å². The van der Waals surface area contributed by atoms with Gasteiger partial charge in [-0.15, -0.1) is 0 Å². The van der Waals surface area contributed by atoms with Crippen LogP contribution in [0.5, 0.6) is 0 Å². The maximum Gasteiger partial charge on any atom is 0.227 e. The second kappa shape index (κ2) is 8.05. The topological polar surface area (TPSA) is 49.3 Å². The Balaban J connectivity index is 2.67. The van der Waals surface area contributed by atoms with E-state index in [0.717, 1.165) is 18.4 Å². The molecule has 0 heterocycles. The van der Waals surface area contributed by atoms with Gasteiger partial charge in [0.2, 0.25) is 5.91 Å². The summed E-state index contributed by atoms with van der Waals surface area (Å²) >= 11 is 0. The van der Waals surface area contributed by atoms with Gasteiger partial charge in [-0.1, -0.05) is 45.0 Å². The number of amides is 1. The number of aliphatic hydroxyl groups is 1. The fraction of sp³-hybridized carbons (Fsp3) is 0.588. The van der Waals surface area contributed by atoms with Crippen LogP contribution in [0.25, 0.3) is 0 Å². The van der Waals surface area contributed by atoms with E-state index in [0.29, 0.717) is 5.92 Å². The van der Waals surface area contributed by atoms with Crippen molar-refractivity contribution < 1.29 is 9.90 Å². The summed E-state index contributed by atoms with van der Waals surface area (Å²) in [5.74, 6) is 0.419. The third kappa shape index (κ3) is 4.97. The van der Waals surface area contributed by atoms with E-state index < -0.39 is 0 Å². The van der Waals surface area contributed by atoms with Crippen LogP contribution in [0.1, 0.15) is 51.2 Å². The molecule has 2 atom stereocenters. The van der Waals surface area contributed by atoms with Crippen LogP contribution < -0.4 is 5.32 Å². The molecule has 0 aliphatic rings. The number of rotatable bonds is 7. The third-order valence-electron chi connectivity index (χ3n) is 3.58. The number of nitrogens with one attached hydrogen (secondary N) is 1. The van der Waals surface area contributed by atoms with Gasteiger partial charge in [-0.25, -0.2) is 0 Å². The lowest BCUT2D eigenvalue weighted by Gasteiger charge is -2.18. The highest BCUT2D eigenvalue weighted by Crippen LogP contribution is 2.18. The summed E-state index contributed by atoms with van der Waals surface area (Å²) in [7, 11) is 0. The standard InChI is InChI=1S/C17H27NO2/c1-5-16(11-19)18-17(20)13(4)15-8-6-14(7-9-15)10-12(2)3/h6-9,12-13,16,19H,5,10-11H2,1-4H3,(H,18,20)/t13?,16-/m1/s1. The van der Waals surface area contributed by atoms with Gasteiger partial charge in [0.05, 0.1) is 18.6 Å². The first kappa shape index (κ1) is 16.7. The maximum atomic E-state index is 12.1. The molecule has 0 aliphatic heterocycles. The number of carbonyl (C=O) groups is 1. The Morgan fingerprint density at radius 2 is 1.80 bits per heavy atom. The number of aliphatic hydroxyl groups excluding tert-OH is 1. The third-order valence-corrected chi connectivity index (χ3v) is 3.58. The smallest absolute Gasteiger partial charge is 0.227 e. The minimum atomic E-state index is -0.191. The molecule has 112 valence electrons. The Hall–Kier alpha value is -1.35. The molecule has 1 unspecified atom stereocenters. The van der Waals surface area contributed by atoms with E-state index in [9.17, 15) is 4.79 Å². The van der Waals surface area contributed by atoms with Crippen molar-refractivity contribution in [3.05, 3.63) is 35.4 Å². The van der Waals surface area contributed by atoms with Gasteiger partial charge in [0.1, 0.15) is 0 Å². The lowest BCUT2D eigenvalue weighted by Crippen LogP contribution is -2.39. The van der Waals surface area contributed by atoms with Crippen molar-refractivity contribution in [1.29, 1.82) is 0 Å². The highest BCUT2D eigenvalue weighted by atomic mass is 16.3. The summed E-state index contributed by atoms with van der Waals surface area (Å²) in [6.07, 6.45) is 1.80. The Labute approximate surface area is 122 Å². The van der Waals surface area contributed by atoms with E-state index in [1.807, 2.05) is 26.0 Å². The second-order valence-electron chi connectivity index (χ2n) is 5.86. The minimum Gasteiger partial charge on any atom is -0.394 e. The van der Waals surface area contributed by atoms with Gasteiger partial charge in [-0.05, 0) is 36.8 Å². The van der Waals surface area contributed by atoms with Gasteiger partial charge >= 0.3 is 0 Å². The van der Waals surface area contributed by atoms with Crippen LogP contribution in [0.2, 0.25) is 0 Å². The summed E-state index contributed by atoms with van der Waals surface area (Å²) < 4.78 is 0. The van der Waals surface area contributed by atoms with Crippen molar-refractivity contribution in [2.75, 3.05) is 6.61 Å². The zero-order valence-electron chi connectivity index (χ0n) is 13.0. The largest absolute Gasteiger partial charge is 0.394 e. The van der Waals surface area contributed by atoms with E-state index in [2.05, 4.69) is 31.3 Å². The monoisotopic (exact) mass is 277 g/mol. The first-order valence-electron chi connectivity index (χ1n) is 7.48. The first-order chi connectivity index (χ1) is 9.47. The van der Waals surface area contributed by atoms with Gasteiger partial charge < -0.3 is 10.4 Å². The summed E-state index contributed by atoms with van der Waals surface area (Å²) in [5.41, 5.74) is 2.32. The predicted molar refractivity (Wildman–Crippen MR) is 82.7 cm³/mol. The highest BCUT2D eigenvalue weighted by Gasteiger charge is 2.17. The Morgan fingerprint density at radius 1 is 1.20 bits per heavy atom. The maximum absolute atomic E-state index is 12.1. The molecule has 0 aromatic heterocycles. The van der Waals surface area contributed by atoms with Crippen LogP contribution >= 0.6 is 0 Å². The average Bonchev–Trinajstić information content (AvgIpc) is 2.43. The number of hydrogen-bond donors (Lipinski definition) is 2. The van der Waals surface area contributed by atoms with E-state index in [4.69, 9.17) is 5.11 Å². The Kier molecular flexibility index (Phi) is 6.73. The minimum absolute atomic E-state index is 0.0116. The van der Waals surface area contributed by atoms with Gasteiger partial charge in [0.15, 0.2) is 0 Å². The number of carbonyl (C=O) groups excluding carboxylic acids is 1. The molecule has 1 aromatic rings. The zero-order valence-corrected chi connectivity index (χ0v) is 13.0. The summed E-state index contributed by atoms with van der Waals surface area (Å²) in [6.45, 7) is 8.24. The van der Waals surface area contributed by atoms with Crippen LogP contribution in [0.15, 0.2) is 24.3 Å². The Bertz CT molecular complexity index is 408. The lowest BCUT2D eigenvalue weighted by molar-refractivity contribution is -0.123. The van der Waals surface area contributed by atoms with Gasteiger partial charge in [0.25, 0.3) is 0 Å². The van der Waals surface area contributed by atoms with E-state index >= 15 is 0 Å². The van der Waals surface area contributed by atoms with Gasteiger partial charge in [0, 0.05) is 0 Å². The molecule has 0 spiro atoms. The van der Waals surface area contributed by atoms with E-state index in [-0.39, 0.29) is 24.5 Å². The Morgan fingerprint density at radius 3 is 2.25 bits per heavy atom. The quantitative estimate of drug-likeness (QED) is 0.805. The molecule has 20 heavy (non-hydrogen) atoms. The summed E-state index contributed by atoms with van der Waals surface area (Å²) in [4.78, 5) is 12.1. The number of hydrogen-bond acceptors (Lipinski definition) is 2. The molecule has 0 fully saturated rings. The SMILES string of the molecule is CC[C@H](CO)NC(=O)C(C)c1ccc(CC(C)C)cc1. The first-order valence-corrected chi connectivity index (χ1v) is 7.48. The lowest BCUT2D eigenvalue weighted by atomic mass is 9.96. The average molecular weight is 277 g/mol. The van der Waals surface area contributed by atoms with Crippen LogP contribution in [-0.2, 0) is 11.2 Å². The van der Waals surface area contributed by atoms with Crippen molar-refractivity contribution in [3.63, 3.8) is 0 Å². The molecule has 3 heteroatoms. The molecule has 3 nitrogen and oxygen atoms in total. The van der Waals surface area contributed by atoms with Crippen molar-refractivity contribution in [2.24, 2.45) is 5.92 Å². The van der Waals surface area contributed by atoms with Crippen molar-refractivity contribution >= 4 is 5.91 Å². The van der Waals surface area contributed by atoms with Crippen molar-refractivity contribution in [3.8, 4) is 0 Å². The molecule has 0 aliphatic carbocycles. The molecular formula is C17H27NO2. The van der Waals surface area contributed by atoms with E-state index in [1.54, 1.807) is 0 Å². The molecule has 1 rings (SSSR count). The van der Waals surface area contributed by atoms with Gasteiger partial charge in [-0.3, -0.25) is 4.79 Å². The predicted octanol–water partition coefficient (Wildman–Crippen LogP) is 2.88. The fourth-order valence-corrected chi connectivity index (χ4v) is 2.17.